The topological polar surface area (TPSA) is 42.2 Å². The fourth-order valence-electron chi connectivity index (χ4n) is 3.16. The van der Waals surface area contributed by atoms with E-state index in [4.69, 9.17) is 10.7 Å². The van der Waals surface area contributed by atoms with Crippen LogP contribution in [0, 0.1) is 12.8 Å². The van der Waals surface area contributed by atoms with Crippen LogP contribution >= 0.6 is 0 Å². The van der Waals surface area contributed by atoms with Gasteiger partial charge in [0.2, 0.25) is 0 Å². The van der Waals surface area contributed by atoms with Crippen molar-refractivity contribution in [2.45, 2.75) is 38.8 Å². The first-order chi connectivity index (χ1) is 7.78. The molecule has 0 aromatic carbocycles. The van der Waals surface area contributed by atoms with Crippen LogP contribution in [-0.2, 0) is 6.54 Å². The number of anilines is 1. The largest absolute Gasteiger partial charge is 0.353 e. The lowest BCUT2D eigenvalue weighted by Gasteiger charge is -2.28. The summed E-state index contributed by atoms with van der Waals surface area (Å²) in [6, 6.07) is 5.01. The zero-order valence-electron chi connectivity index (χ0n) is 9.82. The minimum Gasteiger partial charge on any atom is -0.353 e. The van der Waals surface area contributed by atoms with Crippen LogP contribution in [0.1, 0.15) is 30.5 Å². The molecule has 2 bridgehead atoms. The first-order valence-corrected chi connectivity index (χ1v) is 6.21. The monoisotopic (exact) mass is 217 g/mol. The lowest BCUT2D eigenvalue weighted by atomic mass is 10.1. The summed E-state index contributed by atoms with van der Waals surface area (Å²) in [6.45, 7) is 3.85. The van der Waals surface area contributed by atoms with Crippen molar-refractivity contribution in [2.24, 2.45) is 11.7 Å². The van der Waals surface area contributed by atoms with Crippen molar-refractivity contribution in [1.29, 1.82) is 0 Å². The van der Waals surface area contributed by atoms with Gasteiger partial charge in [-0.1, -0.05) is 6.07 Å². The van der Waals surface area contributed by atoms with Gasteiger partial charge in [0.25, 0.3) is 0 Å². The zero-order valence-corrected chi connectivity index (χ0v) is 9.82. The molecular formula is C13H19N3. The van der Waals surface area contributed by atoms with E-state index in [1.54, 1.807) is 0 Å². The van der Waals surface area contributed by atoms with Gasteiger partial charge in [0, 0.05) is 24.8 Å². The third-order valence-corrected chi connectivity index (χ3v) is 4.10. The predicted molar refractivity (Wildman–Crippen MR) is 65.3 cm³/mol. The van der Waals surface area contributed by atoms with E-state index in [1.807, 2.05) is 0 Å². The molecule has 3 nitrogen and oxygen atoms in total. The Hall–Kier alpha value is -1.09. The molecular weight excluding hydrogens is 198 g/mol. The van der Waals surface area contributed by atoms with E-state index in [0.29, 0.717) is 6.54 Å². The standard InChI is InChI=1S/C13H19N3/c1-9-11(7-14)3-5-13(15-9)16-8-10-2-4-12(16)6-10/h3,5,10,12H,2,4,6-8,14H2,1H3. The third-order valence-electron chi connectivity index (χ3n) is 4.10. The minimum absolute atomic E-state index is 0.588. The Morgan fingerprint density at radius 1 is 1.44 bits per heavy atom. The number of nitrogens with zero attached hydrogens (tertiary/aromatic N) is 2. The Labute approximate surface area is 96.7 Å². The van der Waals surface area contributed by atoms with Crippen LogP contribution in [0.4, 0.5) is 5.82 Å². The van der Waals surface area contributed by atoms with Crippen molar-refractivity contribution < 1.29 is 0 Å². The molecule has 2 fully saturated rings. The fourth-order valence-corrected chi connectivity index (χ4v) is 3.16. The molecule has 1 saturated heterocycles. The van der Waals surface area contributed by atoms with Gasteiger partial charge in [-0.25, -0.2) is 4.98 Å². The van der Waals surface area contributed by atoms with Gasteiger partial charge < -0.3 is 10.6 Å². The van der Waals surface area contributed by atoms with E-state index in [-0.39, 0.29) is 0 Å². The van der Waals surface area contributed by atoms with Crippen molar-refractivity contribution in [1.82, 2.24) is 4.98 Å². The number of piperidine rings is 1. The predicted octanol–water partition coefficient (Wildman–Crippen LogP) is 1.84. The van der Waals surface area contributed by atoms with E-state index < -0.39 is 0 Å². The second kappa shape index (κ2) is 3.74. The molecule has 3 heteroatoms. The Morgan fingerprint density at radius 2 is 2.31 bits per heavy atom. The molecule has 2 aliphatic rings. The number of aromatic nitrogens is 1. The lowest BCUT2D eigenvalue weighted by molar-refractivity contribution is 0.550. The van der Waals surface area contributed by atoms with E-state index in [1.165, 1.54) is 25.8 Å². The quantitative estimate of drug-likeness (QED) is 0.822. The molecule has 1 aliphatic carbocycles. The van der Waals surface area contributed by atoms with Gasteiger partial charge >= 0.3 is 0 Å². The summed E-state index contributed by atoms with van der Waals surface area (Å²) < 4.78 is 0. The molecule has 2 N–H and O–H groups in total. The van der Waals surface area contributed by atoms with Gasteiger partial charge in [-0.15, -0.1) is 0 Å². The van der Waals surface area contributed by atoms with Crippen LogP contribution < -0.4 is 10.6 Å². The Morgan fingerprint density at radius 3 is 2.88 bits per heavy atom. The molecule has 86 valence electrons. The number of pyridine rings is 1. The van der Waals surface area contributed by atoms with E-state index in [2.05, 4.69) is 24.0 Å². The summed E-state index contributed by atoms with van der Waals surface area (Å²) in [5.74, 6) is 2.07. The average molecular weight is 217 g/mol. The lowest BCUT2D eigenvalue weighted by Crippen LogP contribution is -2.32. The summed E-state index contributed by atoms with van der Waals surface area (Å²) in [4.78, 5) is 7.18. The minimum atomic E-state index is 0.588. The first kappa shape index (κ1) is 10.1. The van der Waals surface area contributed by atoms with Gasteiger partial charge in [0.05, 0.1) is 0 Å². The Kier molecular flexibility index (Phi) is 2.36. The number of nitrogens with two attached hydrogens (primary N) is 1. The SMILES string of the molecule is Cc1nc(N2CC3CCC2C3)ccc1CN. The normalized spacial score (nSPS) is 27.8. The molecule has 3 rings (SSSR count). The maximum atomic E-state index is 5.66. The summed E-state index contributed by atoms with van der Waals surface area (Å²) in [6.07, 6.45) is 4.14. The molecule has 0 amide bonds. The van der Waals surface area contributed by atoms with Gasteiger partial charge in [0.1, 0.15) is 5.82 Å². The number of aryl methyl sites for hydroxylation is 1. The van der Waals surface area contributed by atoms with Crippen molar-refractivity contribution in [2.75, 3.05) is 11.4 Å². The van der Waals surface area contributed by atoms with Crippen LogP contribution in [0.2, 0.25) is 0 Å². The number of fused-ring (bicyclic) bond motifs is 2. The molecule has 1 aromatic heterocycles. The highest BCUT2D eigenvalue weighted by Gasteiger charge is 2.38. The van der Waals surface area contributed by atoms with Crippen molar-refractivity contribution in [3.05, 3.63) is 23.4 Å². The molecule has 1 saturated carbocycles. The Bertz CT molecular complexity index is 402. The second-order valence-corrected chi connectivity index (χ2v) is 5.10. The number of hydrogen-bond donors (Lipinski definition) is 1. The van der Waals surface area contributed by atoms with Gasteiger partial charge in [-0.2, -0.15) is 0 Å². The number of hydrogen-bond acceptors (Lipinski definition) is 3. The first-order valence-electron chi connectivity index (χ1n) is 6.21. The molecule has 2 atom stereocenters. The van der Waals surface area contributed by atoms with Gasteiger partial charge in [-0.3, -0.25) is 0 Å². The molecule has 0 radical (unpaired) electrons. The van der Waals surface area contributed by atoms with Crippen LogP contribution in [-0.4, -0.2) is 17.6 Å². The van der Waals surface area contributed by atoms with Crippen LogP contribution in [0.25, 0.3) is 0 Å². The second-order valence-electron chi connectivity index (χ2n) is 5.10. The van der Waals surface area contributed by atoms with E-state index >= 15 is 0 Å². The summed E-state index contributed by atoms with van der Waals surface area (Å²) in [5.41, 5.74) is 7.91. The summed E-state index contributed by atoms with van der Waals surface area (Å²) in [5, 5.41) is 0. The highest BCUT2D eigenvalue weighted by atomic mass is 15.2. The Balaban J connectivity index is 1.87. The fraction of sp³-hybridized carbons (Fsp3) is 0.615. The van der Waals surface area contributed by atoms with Crippen LogP contribution in [0.5, 0.6) is 0 Å². The molecule has 1 aliphatic heterocycles. The summed E-state index contributed by atoms with van der Waals surface area (Å²) >= 11 is 0. The van der Waals surface area contributed by atoms with Gasteiger partial charge in [0.15, 0.2) is 0 Å². The molecule has 2 unspecified atom stereocenters. The molecule has 16 heavy (non-hydrogen) atoms. The highest BCUT2D eigenvalue weighted by molar-refractivity contribution is 5.45. The maximum Gasteiger partial charge on any atom is 0.129 e. The highest BCUT2D eigenvalue weighted by Crippen LogP contribution is 2.39. The van der Waals surface area contributed by atoms with Gasteiger partial charge in [-0.05, 0) is 43.7 Å². The number of rotatable bonds is 2. The third kappa shape index (κ3) is 1.50. The smallest absolute Gasteiger partial charge is 0.129 e. The van der Waals surface area contributed by atoms with E-state index in [0.717, 1.165) is 29.0 Å². The zero-order chi connectivity index (χ0) is 11.1. The van der Waals surface area contributed by atoms with Crippen LogP contribution in [0.3, 0.4) is 0 Å². The van der Waals surface area contributed by atoms with Crippen LogP contribution in [0.15, 0.2) is 12.1 Å². The van der Waals surface area contributed by atoms with Crippen molar-refractivity contribution >= 4 is 5.82 Å². The molecule has 2 heterocycles. The average Bonchev–Trinajstić information content (AvgIpc) is 2.90. The van der Waals surface area contributed by atoms with Crippen molar-refractivity contribution in [3.8, 4) is 0 Å². The van der Waals surface area contributed by atoms with Crippen molar-refractivity contribution in [3.63, 3.8) is 0 Å². The molecule has 1 aromatic rings. The van der Waals surface area contributed by atoms with E-state index in [9.17, 15) is 0 Å². The molecule has 0 spiro atoms. The summed E-state index contributed by atoms with van der Waals surface area (Å²) in [7, 11) is 0. The maximum absolute atomic E-state index is 5.66.